The maximum atomic E-state index is 11.1. The van der Waals surface area contributed by atoms with E-state index >= 15 is 0 Å². The van der Waals surface area contributed by atoms with Gasteiger partial charge in [0.05, 0.1) is 7.11 Å². The van der Waals surface area contributed by atoms with Crippen LogP contribution in [0.4, 0.5) is 4.79 Å². The fraction of sp³-hybridized carbons (Fsp3) is 0.714. The Morgan fingerprint density at radius 1 is 1.69 bits per heavy atom. The lowest BCUT2D eigenvalue weighted by Gasteiger charge is -2.17. The van der Waals surface area contributed by atoms with Crippen molar-refractivity contribution in [2.24, 2.45) is 0 Å². The summed E-state index contributed by atoms with van der Waals surface area (Å²) < 4.78 is 13.9. The molecule has 1 saturated heterocycles. The number of hydrogen-bond acceptors (Lipinski definition) is 5. The van der Waals surface area contributed by atoms with E-state index in [2.05, 4.69) is 9.47 Å². The molecule has 1 aliphatic heterocycles. The highest BCUT2D eigenvalue weighted by molar-refractivity contribution is 5.83. The lowest BCUT2D eigenvalue weighted by atomic mass is 10.3. The van der Waals surface area contributed by atoms with Crippen LogP contribution in [0.3, 0.4) is 0 Å². The second kappa shape index (κ2) is 4.08. The molecule has 0 radical (unpaired) electrons. The Hall–Kier alpha value is -1.30. The van der Waals surface area contributed by atoms with Crippen LogP contribution in [0.15, 0.2) is 0 Å². The first-order chi connectivity index (χ1) is 6.20. The van der Waals surface area contributed by atoms with Crippen LogP contribution in [0.5, 0.6) is 0 Å². The van der Waals surface area contributed by atoms with E-state index in [4.69, 9.17) is 4.74 Å². The van der Waals surface area contributed by atoms with Crippen LogP contribution in [-0.4, -0.2) is 50.6 Å². The van der Waals surface area contributed by atoms with Gasteiger partial charge in [0.25, 0.3) is 0 Å². The summed E-state index contributed by atoms with van der Waals surface area (Å²) in [5, 5.41) is 0. The lowest BCUT2D eigenvalue weighted by molar-refractivity contribution is -0.146. The highest BCUT2D eigenvalue weighted by atomic mass is 16.6. The first kappa shape index (κ1) is 9.79. The summed E-state index contributed by atoms with van der Waals surface area (Å²) in [5.74, 6) is -0.497. The third-order valence-electron chi connectivity index (χ3n) is 1.72. The SMILES string of the molecule is COCN1C(=O)OC[C@H]1C(=O)OC. The number of hydrogen-bond donors (Lipinski definition) is 0. The average molecular weight is 189 g/mol. The summed E-state index contributed by atoms with van der Waals surface area (Å²) in [6.45, 7) is 0.0491. The van der Waals surface area contributed by atoms with E-state index < -0.39 is 18.1 Å². The van der Waals surface area contributed by atoms with Crippen molar-refractivity contribution >= 4 is 12.1 Å². The molecular weight excluding hydrogens is 178 g/mol. The zero-order valence-electron chi connectivity index (χ0n) is 7.48. The van der Waals surface area contributed by atoms with Crippen molar-refractivity contribution in [2.75, 3.05) is 27.6 Å². The third-order valence-corrected chi connectivity index (χ3v) is 1.72. The Morgan fingerprint density at radius 3 is 2.92 bits per heavy atom. The molecule has 1 amide bonds. The van der Waals surface area contributed by atoms with Gasteiger partial charge in [0.1, 0.15) is 13.3 Å². The van der Waals surface area contributed by atoms with Gasteiger partial charge in [-0.25, -0.2) is 9.59 Å². The maximum Gasteiger partial charge on any atom is 0.412 e. The summed E-state index contributed by atoms with van der Waals surface area (Å²) in [7, 11) is 2.69. The minimum Gasteiger partial charge on any atom is -0.467 e. The number of ether oxygens (including phenoxy) is 3. The van der Waals surface area contributed by atoms with E-state index in [1.807, 2.05) is 0 Å². The molecule has 0 bridgehead atoms. The predicted molar refractivity (Wildman–Crippen MR) is 40.9 cm³/mol. The zero-order valence-corrected chi connectivity index (χ0v) is 7.48. The van der Waals surface area contributed by atoms with Crippen LogP contribution in [0, 0.1) is 0 Å². The van der Waals surface area contributed by atoms with Gasteiger partial charge in [0.2, 0.25) is 0 Å². The van der Waals surface area contributed by atoms with Gasteiger partial charge < -0.3 is 14.2 Å². The molecule has 6 nitrogen and oxygen atoms in total. The maximum absolute atomic E-state index is 11.1. The molecule has 6 heteroatoms. The molecule has 0 N–H and O–H groups in total. The largest absolute Gasteiger partial charge is 0.467 e. The molecule has 1 atom stereocenters. The summed E-state index contributed by atoms with van der Waals surface area (Å²) in [6, 6.07) is -0.683. The Balaban J connectivity index is 2.63. The van der Waals surface area contributed by atoms with E-state index in [0.29, 0.717) is 0 Å². The molecule has 13 heavy (non-hydrogen) atoms. The molecule has 0 aromatic rings. The molecule has 74 valence electrons. The van der Waals surface area contributed by atoms with E-state index in [1.54, 1.807) is 0 Å². The monoisotopic (exact) mass is 189 g/mol. The number of nitrogens with zero attached hydrogens (tertiary/aromatic N) is 1. The van der Waals surface area contributed by atoms with E-state index in [1.165, 1.54) is 19.1 Å². The molecular formula is C7H11NO5. The third kappa shape index (κ3) is 1.89. The number of carbonyl (C=O) groups excluding carboxylic acids is 2. The van der Waals surface area contributed by atoms with Gasteiger partial charge in [-0.05, 0) is 0 Å². The Bertz CT molecular complexity index is 217. The lowest BCUT2D eigenvalue weighted by Crippen LogP contribution is -2.41. The fourth-order valence-corrected chi connectivity index (χ4v) is 1.06. The molecule has 1 aliphatic rings. The molecule has 1 rings (SSSR count). The smallest absolute Gasteiger partial charge is 0.412 e. The molecule has 0 unspecified atom stereocenters. The number of esters is 1. The van der Waals surface area contributed by atoms with E-state index in [-0.39, 0.29) is 13.3 Å². The minimum absolute atomic E-state index is 0.0227. The summed E-state index contributed by atoms with van der Waals surface area (Å²) in [4.78, 5) is 23.3. The first-order valence-electron chi connectivity index (χ1n) is 3.71. The van der Waals surface area contributed by atoms with Crippen LogP contribution in [0.25, 0.3) is 0 Å². The standard InChI is InChI=1S/C7H11NO5/c1-11-4-8-5(6(9)12-2)3-13-7(8)10/h5H,3-4H2,1-2H3/t5-/m0/s1. The van der Waals surface area contributed by atoms with Crippen LogP contribution >= 0.6 is 0 Å². The number of carbonyl (C=O) groups is 2. The highest BCUT2D eigenvalue weighted by Gasteiger charge is 2.38. The molecule has 1 fully saturated rings. The van der Waals surface area contributed by atoms with Crippen molar-refractivity contribution in [1.29, 1.82) is 0 Å². The van der Waals surface area contributed by atoms with E-state index in [0.717, 1.165) is 0 Å². The van der Waals surface area contributed by atoms with Crippen molar-refractivity contribution in [2.45, 2.75) is 6.04 Å². The summed E-state index contributed by atoms with van der Waals surface area (Å²) in [6.07, 6.45) is -0.558. The Labute approximate surface area is 75.3 Å². The first-order valence-corrected chi connectivity index (χ1v) is 3.71. The van der Waals surface area contributed by atoms with Gasteiger partial charge in [-0.1, -0.05) is 0 Å². The molecule has 0 aromatic carbocycles. The van der Waals surface area contributed by atoms with Gasteiger partial charge in [0.15, 0.2) is 6.04 Å². The van der Waals surface area contributed by atoms with Crippen molar-refractivity contribution in [3.63, 3.8) is 0 Å². The van der Waals surface area contributed by atoms with Crippen LogP contribution in [0.2, 0.25) is 0 Å². The van der Waals surface area contributed by atoms with Gasteiger partial charge in [-0.2, -0.15) is 0 Å². The van der Waals surface area contributed by atoms with Crippen LogP contribution < -0.4 is 0 Å². The number of cyclic esters (lactones) is 1. The van der Waals surface area contributed by atoms with Crippen molar-refractivity contribution < 1.29 is 23.8 Å². The predicted octanol–water partition coefficient (Wildman–Crippen LogP) is -0.416. The summed E-state index contributed by atoms with van der Waals surface area (Å²) >= 11 is 0. The zero-order chi connectivity index (χ0) is 9.84. The van der Waals surface area contributed by atoms with Gasteiger partial charge in [-0.3, -0.25) is 4.90 Å². The quantitative estimate of drug-likeness (QED) is 0.564. The topological polar surface area (TPSA) is 65.1 Å². The van der Waals surface area contributed by atoms with E-state index in [9.17, 15) is 9.59 Å². The van der Waals surface area contributed by atoms with Crippen LogP contribution in [0.1, 0.15) is 0 Å². The fourth-order valence-electron chi connectivity index (χ4n) is 1.06. The number of methoxy groups -OCH3 is 2. The highest BCUT2D eigenvalue weighted by Crippen LogP contribution is 2.12. The minimum atomic E-state index is -0.683. The van der Waals surface area contributed by atoms with Crippen molar-refractivity contribution in [1.82, 2.24) is 4.90 Å². The Kier molecular flexibility index (Phi) is 3.07. The van der Waals surface area contributed by atoms with Gasteiger partial charge in [-0.15, -0.1) is 0 Å². The molecule has 1 heterocycles. The molecule has 0 saturated carbocycles. The van der Waals surface area contributed by atoms with Crippen molar-refractivity contribution in [3.8, 4) is 0 Å². The number of amides is 1. The second-order valence-electron chi connectivity index (χ2n) is 2.50. The molecule has 0 aromatic heterocycles. The number of rotatable bonds is 3. The normalized spacial score (nSPS) is 21.5. The van der Waals surface area contributed by atoms with Crippen molar-refractivity contribution in [3.05, 3.63) is 0 Å². The van der Waals surface area contributed by atoms with Gasteiger partial charge >= 0.3 is 12.1 Å². The summed E-state index contributed by atoms with van der Waals surface area (Å²) in [5.41, 5.74) is 0. The Morgan fingerprint density at radius 2 is 2.38 bits per heavy atom. The molecule has 0 aliphatic carbocycles. The second-order valence-corrected chi connectivity index (χ2v) is 2.50. The average Bonchev–Trinajstić information content (AvgIpc) is 2.48. The molecule has 0 spiro atoms. The van der Waals surface area contributed by atoms with Gasteiger partial charge in [0, 0.05) is 7.11 Å². The van der Waals surface area contributed by atoms with Crippen LogP contribution in [-0.2, 0) is 19.0 Å².